The van der Waals surface area contributed by atoms with Gasteiger partial charge < -0.3 is 4.74 Å². The van der Waals surface area contributed by atoms with Gasteiger partial charge >= 0.3 is 5.97 Å². The molecule has 0 aliphatic carbocycles. The fraction of sp³-hybridized carbons (Fsp3) is 0.727. The molecule has 0 rings (SSSR count). The minimum atomic E-state index is -0.227. The van der Waals surface area contributed by atoms with Crippen LogP contribution in [0.25, 0.3) is 0 Å². The van der Waals surface area contributed by atoms with E-state index in [4.69, 9.17) is 0 Å². The first kappa shape index (κ1) is 13.6. The Hall–Kier alpha value is -0.440. The number of hydrogen-bond donors (Lipinski definition) is 0. The lowest BCUT2D eigenvalue weighted by Gasteiger charge is -2.02. The molecule has 3 heteroatoms. The van der Waals surface area contributed by atoms with Gasteiger partial charge in [-0.25, -0.2) is 4.79 Å². The van der Waals surface area contributed by atoms with Crippen LogP contribution in [-0.4, -0.2) is 24.6 Å². The summed E-state index contributed by atoms with van der Waals surface area (Å²) < 4.78 is 4.59. The molecule has 82 valence electrons. The van der Waals surface area contributed by atoms with Crippen LogP contribution in [0, 0.1) is 5.92 Å². The standard InChI is InChI=1S/C11H20O2S/c1-9(2)5-7-14-8-6-10(3)11(12)13-4/h6,9H,5,7-8H2,1-4H3. The third kappa shape index (κ3) is 7.01. The van der Waals surface area contributed by atoms with Crippen LogP contribution in [0.1, 0.15) is 27.2 Å². The molecule has 0 amide bonds. The Morgan fingerprint density at radius 2 is 2.14 bits per heavy atom. The van der Waals surface area contributed by atoms with Gasteiger partial charge in [0.2, 0.25) is 0 Å². The molecule has 0 aromatic heterocycles. The van der Waals surface area contributed by atoms with Crippen molar-refractivity contribution >= 4 is 17.7 Å². The first-order valence-corrected chi connectivity index (χ1v) is 6.06. The predicted octanol–water partition coefficient (Wildman–Crippen LogP) is 2.89. The molecule has 0 radical (unpaired) electrons. The fourth-order valence-corrected chi connectivity index (χ4v) is 2.00. The molecule has 0 aliphatic heterocycles. The van der Waals surface area contributed by atoms with E-state index in [1.165, 1.54) is 13.5 Å². The molecule has 0 bridgehead atoms. The summed E-state index contributed by atoms with van der Waals surface area (Å²) in [6, 6.07) is 0. The lowest BCUT2D eigenvalue weighted by Crippen LogP contribution is -2.01. The molecule has 0 aromatic carbocycles. The third-order valence-electron chi connectivity index (χ3n) is 1.85. The summed E-state index contributed by atoms with van der Waals surface area (Å²) in [4.78, 5) is 11.0. The van der Waals surface area contributed by atoms with Crippen molar-refractivity contribution in [1.29, 1.82) is 0 Å². The van der Waals surface area contributed by atoms with Crippen molar-refractivity contribution in [2.24, 2.45) is 5.92 Å². The van der Waals surface area contributed by atoms with E-state index in [9.17, 15) is 4.79 Å². The molecule has 14 heavy (non-hydrogen) atoms. The van der Waals surface area contributed by atoms with Crippen molar-refractivity contribution in [3.63, 3.8) is 0 Å². The molecule has 0 aromatic rings. The van der Waals surface area contributed by atoms with E-state index in [0.717, 1.165) is 17.4 Å². The second-order valence-electron chi connectivity index (χ2n) is 3.64. The van der Waals surface area contributed by atoms with Crippen LogP contribution in [0.15, 0.2) is 11.6 Å². The summed E-state index contributed by atoms with van der Waals surface area (Å²) in [6.45, 7) is 6.22. The Labute approximate surface area is 91.1 Å². The van der Waals surface area contributed by atoms with Gasteiger partial charge in [0.15, 0.2) is 0 Å². The fourth-order valence-electron chi connectivity index (χ4n) is 0.831. The zero-order valence-corrected chi connectivity index (χ0v) is 10.3. The summed E-state index contributed by atoms with van der Waals surface area (Å²) in [5, 5.41) is 0. The van der Waals surface area contributed by atoms with Gasteiger partial charge in [-0.15, -0.1) is 0 Å². The van der Waals surface area contributed by atoms with Gasteiger partial charge in [-0.1, -0.05) is 19.9 Å². The van der Waals surface area contributed by atoms with E-state index in [1.807, 2.05) is 17.8 Å². The van der Waals surface area contributed by atoms with E-state index in [-0.39, 0.29) is 5.97 Å². The number of ether oxygens (including phenoxy) is 1. The van der Waals surface area contributed by atoms with Crippen molar-refractivity contribution in [2.75, 3.05) is 18.6 Å². The molecule has 0 unspecified atom stereocenters. The third-order valence-corrected chi connectivity index (χ3v) is 2.78. The number of carbonyl (C=O) groups is 1. The Morgan fingerprint density at radius 3 is 2.64 bits per heavy atom. The maximum atomic E-state index is 11.0. The lowest BCUT2D eigenvalue weighted by molar-refractivity contribution is -0.136. The zero-order chi connectivity index (χ0) is 11.0. The smallest absolute Gasteiger partial charge is 0.333 e. The highest BCUT2D eigenvalue weighted by Crippen LogP contribution is 2.09. The van der Waals surface area contributed by atoms with Crippen LogP contribution < -0.4 is 0 Å². The van der Waals surface area contributed by atoms with Crippen LogP contribution in [0.3, 0.4) is 0 Å². The number of methoxy groups -OCH3 is 1. The van der Waals surface area contributed by atoms with E-state index in [0.29, 0.717) is 5.57 Å². The highest BCUT2D eigenvalue weighted by Gasteiger charge is 2.01. The molecule has 2 nitrogen and oxygen atoms in total. The summed E-state index contributed by atoms with van der Waals surface area (Å²) in [5.74, 6) is 2.58. The second kappa shape index (κ2) is 7.92. The maximum absolute atomic E-state index is 11.0. The normalized spacial score (nSPS) is 11.9. The van der Waals surface area contributed by atoms with Crippen LogP contribution in [0.4, 0.5) is 0 Å². The minimum Gasteiger partial charge on any atom is -0.466 e. The summed E-state index contributed by atoms with van der Waals surface area (Å²) in [7, 11) is 1.41. The zero-order valence-electron chi connectivity index (χ0n) is 9.50. The summed E-state index contributed by atoms with van der Waals surface area (Å²) in [6.07, 6.45) is 3.16. The number of hydrogen-bond acceptors (Lipinski definition) is 3. The quantitative estimate of drug-likeness (QED) is 0.388. The van der Waals surface area contributed by atoms with Crippen molar-refractivity contribution in [3.05, 3.63) is 11.6 Å². The Kier molecular flexibility index (Phi) is 7.67. The average molecular weight is 216 g/mol. The lowest BCUT2D eigenvalue weighted by atomic mass is 10.2. The molecule has 0 heterocycles. The predicted molar refractivity (Wildman–Crippen MR) is 62.6 cm³/mol. The van der Waals surface area contributed by atoms with Crippen LogP contribution >= 0.6 is 11.8 Å². The van der Waals surface area contributed by atoms with Gasteiger partial charge in [0, 0.05) is 11.3 Å². The SMILES string of the molecule is COC(=O)C(C)=CCSCCC(C)C. The molecule has 0 aliphatic rings. The van der Waals surface area contributed by atoms with Gasteiger partial charge in [-0.3, -0.25) is 0 Å². The first-order chi connectivity index (χ1) is 6.57. The van der Waals surface area contributed by atoms with E-state index >= 15 is 0 Å². The maximum Gasteiger partial charge on any atom is 0.333 e. The van der Waals surface area contributed by atoms with Gasteiger partial charge in [-0.2, -0.15) is 11.8 Å². The van der Waals surface area contributed by atoms with Crippen molar-refractivity contribution in [1.82, 2.24) is 0 Å². The molecule has 0 spiro atoms. The molecule has 0 fully saturated rings. The largest absolute Gasteiger partial charge is 0.466 e. The number of rotatable bonds is 6. The van der Waals surface area contributed by atoms with E-state index < -0.39 is 0 Å². The van der Waals surface area contributed by atoms with Crippen LogP contribution in [0.5, 0.6) is 0 Å². The van der Waals surface area contributed by atoms with Gasteiger partial charge in [0.05, 0.1) is 7.11 Å². The second-order valence-corrected chi connectivity index (χ2v) is 4.79. The highest BCUT2D eigenvalue weighted by atomic mass is 32.2. The molecular formula is C11H20O2S. The van der Waals surface area contributed by atoms with Crippen LogP contribution in [-0.2, 0) is 9.53 Å². The minimum absolute atomic E-state index is 0.227. The van der Waals surface area contributed by atoms with Crippen LogP contribution in [0.2, 0.25) is 0 Å². The van der Waals surface area contributed by atoms with Gasteiger partial charge in [0.1, 0.15) is 0 Å². The summed E-state index contributed by atoms with van der Waals surface area (Å²) >= 11 is 1.85. The topological polar surface area (TPSA) is 26.3 Å². The van der Waals surface area contributed by atoms with E-state index in [1.54, 1.807) is 6.92 Å². The molecule has 0 saturated heterocycles. The Bertz CT molecular complexity index is 197. The van der Waals surface area contributed by atoms with Gasteiger partial charge in [-0.05, 0) is 25.0 Å². The van der Waals surface area contributed by atoms with Gasteiger partial charge in [0.25, 0.3) is 0 Å². The summed E-state index contributed by atoms with van der Waals surface area (Å²) in [5.41, 5.74) is 0.699. The number of thioether (sulfide) groups is 1. The highest BCUT2D eigenvalue weighted by molar-refractivity contribution is 7.99. The molecule has 0 atom stereocenters. The van der Waals surface area contributed by atoms with E-state index in [2.05, 4.69) is 18.6 Å². The van der Waals surface area contributed by atoms with Crippen molar-refractivity contribution in [3.8, 4) is 0 Å². The Morgan fingerprint density at radius 1 is 1.50 bits per heavy atom. The first-order valence-electron chi connectivity index (χ1n) is 4.90. The average Bonchev–Trinajstić information content (AvgIpc) is 2.15. The Balaban J connectivity index is 3.56. The van der Waals surface area contributed by atoms with Crippen molar-refractivity contribution in [2.45, 2.75) is 27.2 Å². The number of esters is 1. The van der Waals surface area contributed by atoms with Crippen molar-refractivity contribution < 1.29 is 9.53 Å². The molecule has 0 N–H and O–H groups in total. The molecule has 0 saturated carbocycles. The number of carbonyl (C=O) groups excluding carboxylic acids is 1. The molecular weight excluding hydrogens is 196 g/mol. The monoisotopic (exact) mass is 216 g/mol.